The molecule has 1 aromatic rings. The summed E-state index contributed by atoms with van der Waals surface area (Å²) < 4.78 is 6.31. The van der Waals surface area contributed by atoms with Crippen molar-refractivity contribution in [2.45, 2.75) is 50.4 Å². The molecule has 5 heteroatoms. The smallest absolute Gasteiger partial charge is 0.147 e. The van der Waals surface area contributed by atoms with Crippen molar-refractivity contribution in [2.75, 3.05) is 13.2 Å². The number of ether oxygens (including phenoxy) is 1. The standard InChI is InChI=1S/C14H18BrClN2O/c15-11-12(9-3-1-2-4-9)17-14(18-13(11)16)10-5-7-19-8-6-10/h9-10H,1-8H2. The maximum absolute atomic E-state index is 6.29. The van der Waals surface area contributed by atoms with Gasteiger partial charge in [-0.15, -0.1) is 0 Å². The minimum absolute atomic E-state index is 0.402. The second kappa shape index (κ2) is 6.06. The first-order chi connectivity index (χ1) is 9.25. The lowest BCUT2D eigenvalue weighted by molar-refractivity contribution is 0.0835. The molecule has 1 aliphatic heterocycles. The summed E-state index contributed by atoms with van der Waals surface area (Å²) >= 11 is 9.85. The highest BCUT2D eigenvalue weighted by atomic mass is 79.9. The molecule has 1 saturated heterocycles. The van der Waals surface area contributed by atoms with E-state index in [-0.39, 0.29) is 0 Å². The first-order valence-corrected chi connectivity index (χ1v) is 8.23. The van der Waals surface area contributed by atoms with E-state index in [2.05, 4.69) is 20.9 Å². The Morgan fingerprint density at radius 3 is 2.37 bits per heavy atom. The van der Waals surface area contributed by atoms with Crippen LogP contribution in [0.3, 0.4) is 0 Å². The Morgan fingerprint density at radius 1 is 1.00 bits per heavy atom. The summed E-state index contributed by atoms with van der Waals surface area (Å²) in [6, 6.07) is 0. The van der Waals surface area contributed by atoms with Crippen molar-refractivity contribution in [1.29, 1.82) is 0 Å². The molecular weight excluding hydrogens is 328 g/mol. The third-order valence-electron chi connectivity index (χ3n) is 4.18. The maximum atomic E-state index is 6.29. The highest BCUT2D eigenvalue weighted by molar-refractivity contribution is 9.10. The van der Waals surface area contributed by atoms with E-state index in [0.717, 1.165) is 42.0 Å². The van der Waals surface area contributed by atoms with Gasteiger partial charge in [0, 0.05) is 25.0 Å². The van der Waals surface area contributed by atoms with Gasteiger partial charge in [-0.05, 0) is 41.6 Å². The largest absolute Gasteiger partial charge is 0.381 e. The van der Waals surface area contributed by atoms with E-state index in [1.165, 1.54) is 25.7 Å². The lowest BCUT2D eigenvalue weighted by Gasteiger charge is -2.22. The van der Waals surface area contributed by atoms with Crippen LogP contribution in [0.15, 0.2) is 4.47 Å². The number of hydrogen-bond donors (Lipinski definition) is 0. The second-order valence-corrected chi connectivity index (χ2v) is 6.59. The van der Waals surface area contributed by atoms with E-state index in [4.69, 9.17) is 21.3 Å². The zero-order valence-electron chi connectivity index (χ0n) is 10.9. The van der Waals surface area contributed by atoms with E-state index >= 15 is 0 Å². The number of hydrogen-bond acceptors (Lipinski definition) is 3. The van der Waals surface area contributed by atoms with Crippen molar-refractivity contribution in [3.8, 4) is 0 Å². The van der Waals surface area contributed by atoms with E-state index in [0.29, 0.717) is 17.0 Å². The Bertz CT molecular complexity index is 457. The van der Waals surface area contributed by atoms with Crippen LogP contribution in [-0.4, -0.2) is 23.2 Å². The molecule has 1 saturated carbocycles. The van der Waals surface area contributed by atoms with Crippen molar-refractivity contribution < 1.29 is 4.74 Å². The van der Waals surface area contributed by atoms with Crippen LogP contribution in [0.2, 0.25) is 5.15 Å². The summed E-state index contributed by atoms with van der Waals surface area (Å²) in [5, 5.41) is 0.568. The van der Waals surface area contributed by atoms with Gasteiger partial charge in [-0.3, -0.25) is 0 Å². The molecule has 1 aliphatic carbocycles. The minimum atomic E-state index is 0.402. The summed E-state index contributed by atoms with van der Waals surface area (Å²) in [5.41, 5.74) is 1.12. The molecule has 2 aliphatic rings. The molecule has 104 valence electrons. The van der Waals surface area contributed by atoms with Gasteiger partial charge in [-0.2, -0.15) is 0 Å². The molecule has 2 heterocycles. The van der Waals surface area contributed by atoms with Crippen LogP contribution >= 0.6 is 27.5 Å². The molecule has 0 aromatic carbocycles. The fraction of sp³-hybridized carbons (Fsp3) is 0.714. The van der Waals surface area contributed by atoms with Crippen molar-refractivity contribution in [1.82, 2.24) is 9.97 Å². The molecule has 0 amide bonds. The Hall–Kier alpha value is -0.190. The molecule has 2 fully saturated rings. The van der Waals surface area contributed by atoms with E-state index < -0.39 is 0 Å². The Morgan fingerprint density at radius 2 is 1.68 bits per heavy atom. The average molecular weight is 346 g/mol. The minimum Gasteiger partial charge on any atom is -0.381 e. The molecule has 0 spiro atoms. The van der Waals surface area contributed by atoms with Gasteiger partial charge >= 0.3 is 0 Å². The average Bonchev–Trinajstić information content (AvgIpc) is 2.96. The van der Waals surface area contributed by atoms with Crippen molar-refractivity contribution in [3.63, 3.8) is 0 Å². The van der Waals surface area contributed by atoms with Gasteiger partial charge in [0.15, 0.2) is 0 Å². The molecule has 0 unspecified atom stereocenters. The Labute approximate surface area is 127 Å². The number of rotatable bonds is 2. The molecule has 1 aromatic heterocycles. The third-order valence-corrected chi connectivity index (χ3v) is 5.47. The normalized spacial score (nSPS) is 22.0. The number of aromatic nitrogens is 2. The molecule has 0 radical (unpaired) electrons. The first-order valence-electron chi connectivity index (χ1n) is 7.06. The van der Waals surface area contributed by atoms with Gasteiger partial charge in [0.05, 0.1) is 10.2 Å². The summed E-state index contributed by atoms with van der Waals surface area (Å²) in [6.07, 6.45) is 7.04. The van der Waals surface area contributed by atoms with Crippen molar-refractivity contribution >= 4 is 27.5 Å². The van der Waals surface area contributed by atoms with Gasteiger partial charge in [0.25, 0.3) is 0 Å². The lowest BCUT2D eigenvalue weighted by Crippen LogP contribution is -2.17. The van der Waals surface area contributed by atoms with Crippen LogP contribution in [0, 0.1) is 0 Å². The molecule has 3 rings (SSSR count). The molecule has 3 nitrogen and oxygen atoms in total. The molecule has 0 bridgehead atoms. The van der Waals surface area contributed by atoms with E-state index in [1.54, 1.807) is 0 Å². The Kier molecular flexibility index (Phi) is 4.40. The molecule has 0 atom stereocenters. The van der Waals surface area contributed by atoms with Gasteiger partial charge < -0.3 is 4.74 Å². The van der Waals surface area contributed by atoms with Gasteiger partial charge in [-0.1, -0.05) is 24.4 Å². The van der Waals surface area contributed by atoms with Gasteiger partial charge in [-0.25, -0.2) is 9.97 Å². The Balaban J connectivity index is 1.92. The zero-order valence-corrected chi connectivity index (χ0v) is 13.2. The summed E-state index contributed by atoms with van der Waals surface area (Å²) in [7, 11) is 0. The van der Waals surface area contributed by atoms with Crippen LogP contribution in [-0.2, 0) is 4.74 Å². The predicted molar refractivity (Wildman–Crippen MR) is 78.7 cm³/mol. The molecular formula is C14H18BrClN2O. The van der Waals surface area contributed by atoms with Crippen LogP contribution in [0.4, 0.5) is 0 Å². The van der Waals surface area contributed by atoms with E-state index in [9.17, 15) is 0 Å². The zero-order chi connectivity index (χ0) is 13.2. The third kappa shape index (κ3) is 2.96. The lowest BCUT2D eigenvalue weighted by atomic mass is 9.98. The second-order valence-electron chi connectivity index (χ2n) is 5.44. The van der Waals surface area contributed by atoms with Crippen LogP contribution in [0.1, 0.15) is 61.9 Å². The van der Waals surface area contributed by atoms with Crippen molar-refractivity contribution in [2.24, 2.45) is 0 Å². The van der Waals surface area contributed by atoms with Gasteiger partial charge in [0.1, 0.15) is 11.0 Å². The maximum Gasteiger partial charge on any atom is 0.147 e. The van der Waals surface area contributed by atoms with Crippen LogP contribution in [0.5, 0.6) is 0 Å². The number of nitrogens with zero attached hydrogens (tertiary/aromatic N) is 2. The highest BCUT2D eigenvalue weighted by Gasteiger charge is 2.26. The SMILES string of the molecule is Clc1nc(C2CCOCC2)nc(C2CCCC2)c1Br. The molecule has 0 N–H and O–H groups in total. The monoisotopic (exact) mass is 344 g/mol. The van der Waals surface area contributed by atoms with Gasteiger partial charge in [0.2, 0.25) is 0 Å². The van der Waals surface area contributed by atoms with Crippen LogP contribution in [0.25, 0.3) is 0 Å². The van der Waals surface area contributed by atoms with E-state index in [1.807, 2.05) is 0 Å². The van der Waals surface area contributed by atoms with Crippen molar-refractivity contribution in [3.05, 3.63) is 21.1 Å². The fourth-order valence-corrected chi connectivity index (χ4v) is 3.75. The molecule has 19 heavy (non-hydrogen) atoms. The first kappa shape index (κ1) is 13.8. The van der Waals surface area contributed by atoms with Crippen LogP contribution < -0.4 is 0 Å². The topological polar surface area (TPSA) is 35.0 Å². The quantitative estimate of drug-likeness (QED) is 0.743. The summed E-state index contributed by atoms with van der Waals surface area (Å²) in [6.45, 7) is 1.61. The highest BCUT2D eigenvalue weighted by Crippen LogP contribution is 2.39. The fourth-order valence-electron chi connectivity index (χ4n) is 3.06. The number of halogens is 2. The summed E-state index contributed by atoms with van der Waals surface area (Å²) in [5.74, 6) is 1.87. The predicted octanol–water partition coefficient (Wildman–Crippen LogP) is 4.44. The summed E-state index contributed by atoms with van der Waals surface area (Å²) in [4.78, 5) is 9.32.